The van der Waals surface area contributed by atoms with E-state index in [-0.39, 0.29) is 24.0 Å². The van der Waals surface area contributed by atoms with Gasteiger partial charge in [-0.15, -0.1) is 0 Å². The molecule has 0 heterocycles. The first-order valence-corrected chi connectivity index (χ1v) is 8.09. The Kier molecular flexibility index (Phi) is 4.48. The lowest BCUT2D eigenvalue weighted by molar-refractivity contribution is -0.148. The molecule has 7 nitrogen and oxygen atoms in total. The molecule has 5 atom stereocenters. The second-order valence-electron chi connectivity index (χ2n) is 6.61. The fourth-order valence-corrected chi connectivity index (χ4v) is 3.85. The number of amides is 1. The molecule has 3 rings (SSSR count). The summed E-state index contributed by atoms with van der Waals surface area (Å²) in [5.74, 6) is -4.55. The first kappa shape index (κ1) is 17.0. The third kappa shape index (κ3) is 3.35. The second-order valence-corrected chi connectivity index (χ2v) is 6.61. The van der Waals surface area contributed by atoms with Crippen molar-refractivity contribution in [2.45, 2.75) is 18.9 Å². The Labute approximate surface area is 144 Å². The van der Waals surface area contributed by atoms with Crippen LogP contribution in [0.5, 0.6) is 5.75 Å². The van der Waals surface area contributed by atoms with Crippen molar-refractivity contribution in [2.24, 2.45) is 23.7 Å². The fraction of sp³-hybridized carbons (Fsp3) is 0.389. The van der Waals surface area contributed by atoms with E-state index < -0.39 is 35.7 Å². The Bertz CT molecular complexity index is 726. The number of phenols is 1. The molecule has 1 aromatic carbocycles. The summed E-state index contributed by atoms with van der Waals surface area (Å²) in [6, 6.07) is 4.89. The molecule has 1 amide bonds. The number of carbonyl (C=O) groups excluding carboxylic acids is 1. The van der Waals surface area contributed by atoms with E-state index >= 15 is 0 Å². The molecule has 2 bridgehead atoms. The Morgan fingerprint density at radius 3 is 2.20 bits per heavy atom. The van der Waals surface area contributed by atoms with E-state index in [4.69, 9.17) is 0 Å². The van der Waals surface area contributed by atoms with E-state index in [0.29, 0.717) is 12.0 Å². The Morgan fingerprint density at radius 1 is 1.04 bits per heavy atom. The van der Waals surface area contributed by atoms with Crippen molar-refractivity contribution in [1.82, 2.24) is 5.32 Å². The van der Waals surface area contributed by atoms with Gasteiger partial charge in [-0.3, -0.25) is 9.59 Å². The van der Waals surface area contributed by atoms with Crippen LogP contribution in [0.2, 0.25) is 0 Å². The zero-order valence-corrected chi connectivity index (χ0v) is 13.3. The molecular weight excluding hydrogens is 326 g/mol. The van der Waals surface area contributed by atoms with E-state index in [0.717, 1.165) is 0 Å². The molecule has 2 aliphatic carbocycles. The van der Waals surface area contributed by atoms with Crippen molar-refractivity contribution in [3.63, 3.8) is 0 Å². The predicted molar refractivity (Wildman–Crippen MR) is 86.7 cm³/mol. The predicted octanol–water partition coefficient (Wildman–Crippen LogP) is 1.03. The van der Waals surface area contributed by atoms with E-state index in [1.807, 2.05) is 12.2 Å². The average molecular weight is 345 g/mol. The molecule has 132 valence electrons. The van der Waals surface area contributed by atoms with E-state index in [9.17, 15) is 29.7 Å². The lowest BCUT2D eigenvalue weighted by Gasteiger charge is -2.25. The lowest BCUT2D eigenvalue weighted by Crippen LogP contribution is -2.48. The highest BCUT2D eigenvalue weighted by Gasteiger charge is 2.52. The van der Waals surface area contributed by atoms with Crippen LogP contribution in [-0.2, 0) is 20.8 Å². The first-order chi connectivity index (χ1) is 11.9. The standard InChI is InChI=1S/C18H19NO6/c20-12-5-1-9(2-6-12)7-13(17(22)23)19-16(21)14-10-3-4-11(8-10)15(14)18(24)25/h1-6,10-11,13-15,20H,7-8H2,(H,19,21)(H,22,23)(H,24,25)/t10-,11-,13-,14-,15-/m0/s1. The Balaban J connectivity index is 1.72. The van der Waals surface area contributed by atoms with Crippen LogP contribution >= 0.6 is 0 Å². The van der Waals surface area contributed by atoms with E-state index in [2.05, 4.69) is 5.32 Å². The molecule has 0 saturated heterocycles. The number of allylic oxidation sites excluding steroid dienone is 2. The zero-order chi connectivity index (χ0) is 18.1. The number of aliphatic carboxylic acids is 2. The minimum Gasteiger partial charge on any atom is -0.508 e. The summed E-state index contributed by atoms with van der Waals surface area (Å²) >= 11 is 0. The highest BCUT2D eigenvalue weighted by molar-refractivity contribution is 5.89. The number of hydrogen-bond donors (Lipinski definition) is 4. The number of carbonyl (C=O) groups is 3. The van der Waals surface area contributed by atoms with Crippen LogP contribution in [0, 0.1) is 23.7 Å². The summed E-state index contributed by atoms with van der Waals surface area (Å²) in [5.41, 5.74) is 0.646. The van der Waals surface area contributed by atoms with Gasteiger partial charge in [0.05, 0.1) is 11.8 Å². The fourth-order valence-electron chi connectivity index (χ4n) is 3.85. The SMILES string of the molecule is O=C(O)[C@@H]1[C@@H](C(=O)N[C@@H](Cc2ccc(O)cc2)C(=O)O)[C@H]2C=C[C@H]1C2. The first-order valence-electron chi connectivity index (χ1n) is 8.09. The molecule has 25 heavy (non-hydrogen) atoms. The maximum absolute atomic E-state index is 12.6. The third-order valence-corrected chi connectivity index (χ3v) is 5.04. The molecule has 0 aliphatic heterocycles. The van der Waals surface area contributed by atoms with Gasteiger partial charge in [0.1, 0.15) is 11.8 Å². The monoisotopic (exact) mass is 345 g/mol. The highest BCUT2D eigenvalue weighted by atomic mass is 16.4. The molecule has 0 aromatic heterocycles. The van der Waals surface area contributed by atoms with Crippen LogP contribution in [0.25, 0.3) is 0 Å². The number of fused-ring (bicyclic) bond motifs is 2. The molecule has 2 aliphatic rings. The summed E-state index contributed by atoms with van der Waals surface area (Å²) in [6.07, 6.45) is 4.35. The second kappa shape index (κ2) is 6.58. The Hall–Kier alpha value is -2.83. The quantitative estimate of drug-likeness (QED) is 0.571. The van der Waals surface area contributed by atoms with E-state index in [1.165, 1.54) is 12.1 Å². The van der Waals surface area contributed by atoms with Crippen molar-refractivity contribution in [3.8, 4) is 5.75 Å². The number of rotatable bonds is 6. The largest absolute Gasteiger partial charge is 0.508 e. The van der Waals surface area contributed by atoms with Crippen LogP contribution in [0.15, 0.2) is 36.4 Å². The number of carboxylic acid groups (broad SMARTS) is 2. The maximum Gasteiger partial charge on any atom is 0.326 e. The zero-order valence-electron chi connectivity index (χ0n) is 13.3. The molecule has 0 spiro atoms. The highest BCUT2D eigenvalue weighted by Crippen LogP contribution is 2.48. The van der Waals surface area contributed by atoms with Gasteiger partial charge in [-0.2, -0.15) is 0 Å². The van der Waals surface area contributed by atoms with Gasteiger partial charge < -0.3 is 20.6 Å². The van der Waals surface area contributed by atoms with Gasteiger partial charge in [0.15, 0.2) is 0 Å². The number of benzene rings is 1. The molecule has 1 saturated carbocycles. The average Bonchev–Trinajstić information content (AvgIpc) is 3.17. The van der Waals surface area contributed by atoms with Gasteiger partial charge >= 0.3 is 11.9 Å². The third-order valence-electron chi connectivity index (χ3n) is 5.04. The summed E-state index contributed by atoms with van der Waals surface area (Å²) in [7, 11) is 0. The minimum absolute atomic E-state index is 0.0513. The molecule has 0 unspecified atom stereocenters. The van der Waals surface area contributed by atoms with Crippen molar-refractivity contribution in [2.75, 3.05) is 0 Å². The van der Waals surface area contributed by atoms with Crippen LogP contribution in [0.4, 0.5) is 0 Å². The molecule has 0 radical (unpaired) electrons. The van der Waals surface area contributed by atoms with Crippen molar-refractivity contribution in [3.05, 3.63) is 42.0 Å². The molecule has 1 aromatic rings. The lowest BCUT2D eigenvalue weighted by atomic mass is 9.82. The summed E-state index contributed by atoms with van der Waals surface area (Å²) in [4.78, 5) is 35.6. The van der Waals surface area contributed by atoms with Crippen molar-refractivity contribution >= 4 is 17.8 Å². The van der Waals surface area contributed by atoms with Crippen molar-refractivity contribution in [1.29, 1.82) is 0 Å². The van der Waals surface area contributed by atoms with Gasteiger partial charge in [-0.25, -0.2) is 4.79 Å². The maximum atomic E-state index is 12.6. The number of phenolic OH excluding ortho intramolecular Hbond substituents is 1. The van der Waals surface area contributed by atoms with Crippen molar-refractivity contribution < 1.29 is 29.7 Å². The van der Waals surface area contributed by atoms with Crippen LogP contribution < -0.4 is 5.32 Å². The minimum atomic E-state index is -1.19. The molecule has 7 heteroatoms. The summed E-state index contributed by atoms with van der Waals surface area (Å²) in [5, 5.41) is 30.6. The Morgan fingerprint density at radius 2 is 1.64 bits per heavy atom. The molecule has 1 fully saturated rings. The summed E-state index contributed by atoms with van der Waals surface area (Å²) < 4.78 is 0. The number of nitrogens with one attached hydrogen (secondary N) is 1. The number of carboxylic acids is 2. The molecule has 4 N–H and O–H groups in total. The van der Waals surface area contributed by atoms with E-state index in [1.54, 1.807) is 12.1 Å². The number of hydrogen-bond acceptors (Lipinski definition) is 4. The normalized spacial score (nSPS) is 27.8. The van der Waals surface area contributed by atoms with Gasteiger partial charge in [-0.05, 0) is 36.0 Å². The van der Waals surface area contributed by atoms with Gasteiger partial charge in [0.25, 0.3) is 0 Å². The van der Waals surface area contributed by atoms with Gasteiger partial charge in [0.2, 0.25) is 5.91 Å². The van der Waals surface area contributed by atoms with Gasteiger partial charge in [0, 0.05) is 6.42 Å². The van der Waals surface area contributed by atoms with Crippen LogP contribution in [0.3, 0.4) is 0 Å². The number of aromatic hydroxyl groups is 1. The topological polar surface area (TPSA) is 124 Å². The smallest absolute Gasteiger partial charge is 0.326 e. The summed E-state index contributed by atoms with van der Waals surface area (Å²) in [6.45, 7) is 0. The molecular formula is C18H19NO6. The van der Waals surface area contributed by atoms with Gasteiger partial charge in [-0.1, -0.05) is 24.3 Å². The van der Waals surface area contributed by atoms with Crippen LogP contribution in [0.1, 0.15) is 12.0 Å². The van der Waals surface area contributed by atoms with Crippen LogP contribution in [-0.4, -0.2) is 39.2 Å².